The van der Waals surface area contributed by atoms with Crippen LogP contribution in [0.25, 0.3) is 0 Å². The van der Waals surface area contributed by atoms with Gasteiger partial charge >= 0.3 is 7.12 Å². The minimum absolute atomic E-state index is 0.0108. The lowest BCUT2D eigenvalue weighted by molar-refractivity contribution is -0.134. The van der Waals surface area contributed by atoms with Gasteiger partial charge < -0.3 is 41.8 Å². The van der Waals surface area contributed by atoms with E-state index in [0.29, 0.717) is 18.3 Å². The molecule has 1 aromatic rings. The molecule has 1 aliphatic heterocycles. The molecule has 4 rings (SSSR count). The van der Waals surface area contributed by atoms with Crippen molar-refractivity contribution in [1.82, 2.24) is 16.0 Å². The summed E-state index contributed by atoms with van der Waals surface area (Å²) in [4.78, 5) is 52.4. The molecule has 0 bridgehead atoms. The van der Waals surface area contributed by atoms with E-state index in [1.807, 2.05) is 44.2 Å². The summed E-state index contributed by atoms with van der Waals surface area (Å²) in [7, 11) is -0.720. The lowest BCUT2D eigenvalue weighted by Crippen LogP contribution is -2.59. The predicted octanol–water partition coefficient (Wildman–Crippen LogP) is 2.29. The van der Waals surface area contributed by atoms with Crippen LogP contribution in [0.5, 0.6) is 0 Å². The van der Waals surface area contributed by atoms with E-state index in [1.165, 1.54) is 45.4 Å². The van der Waals surface area contributed by atoms with Crippen LogP contribution in [0.2, 0.25) is 0 Å². The van der Waals surface area contributed by atoms with E-state index in [0.717, 1.165) is 31.2 Å². The number of primary amides is 1. The number of rotatable bonds is 16. The van der Waals surface area contributed by atoms with Gasteiger partial charge in [-0.3, -0.25) is 19.2 Å². The van der Waals surface area contributed by atoms with Gasteiger partial charge in [-0.05, 0) is 68.8 Å². The number of benzene rings is 1. The first kappa shape index (κ1) is 38.8. The average Bonchev–Trinajstić information content (AvgIpc) is 3.53. The Morgan fingerprint density at radius 1 is 0.796 bits per heavy atom. The third kappa shape index (κ3) is 11.5. The predicted molar refractivity (Wildman–Crippen MR) is 188 cm³/mol. The third-order valence-corrected chi connectivity index (χ3v) is 10.3. The highest BCUT2D eigenvalue weighted by molar-refractivity contribution is 6.47. The van der Waals surface area contributed by atoms with Gasteiger partial charge in [0, 0.05) is 0 Å². The van der Waals surface area contributed by atoms with E-state index in [4.69, 9.17) is 20.8 Å². The molecule has 12 nitrogen and oxygen atoms in total. The second-order valence-electron chi connectivity index (χ2n) is 14.9. The Balaban J connectivity index is 1.55. The fourth-order valence-electron chi connectivity index (χ4n) is 7.61. The molecular weight excluding hydrogens is 625 g/mol. The minimum Gasteiger partial charge on any atom is -0.404 e. The molecule has 49 heavy (non-hydrogen) atoms. The largest absolute Gasteiger partial charge is 0.481 e. The summed E-state index contributed by atoms with van der Waals surface area (Å²) in [5.74, 6) is -2.57. The Hall–Kier alpha value is -3.00. The number of aliphatic hydroxyl groups is 1. The van der Waals surface area contributed by atoms with Crippen LogP contribution in [0.4, 0.5) is 0 Å². The van der Waals surface area contributed by atoms with Crippen molar-refractivity contribution in [3.8, 4) is 0 Å². The average molecular weight is 684 g/mol. The fraction of sp³-hybridized carbons (Fsp3) is 0.722. The van der Waals surface area contributed by atoms with Gasteiger partial charge in [-0.1, -0.05) is 82.7 Å². The van der Waals surface area contributed by atoms with Crippen molar-refractivity contribution in [2.45, 2.75) is 147 Å². The molecule has 2 saturated carbocycles. The van der Waals surface area contributed by atoms with Gasteiger partial charge in [-0.15, -0.1) is 0 Å². The van der Waals surface area contributed by atoms with Gasteiger partial charge in [0.2, 0.25) is 23.6 Å². The minimum atomic E-state index is -1.31. The summed E-state index contributed by atoms with van der Waals surface area (Å²) < 4.78 is 13.6. The highest BCUT2D eigenvalue weighted by Crippen LogP contribution is 2.41. The van der Waals surface area contributed by atoms with Crippen LogP contribution in [0.15, 0.2) is 30.3 Å². The van der Waals surface area contributed by atoms with Gasteiger partial charge in [-0.25, -0.2) is 0 Å². The van der Waals surface area contributed by atoms with Crippen molar-refractivity contribution in [2.75, 3.05) is 0 Å². The Morgan fingerprint density at radius 3 is 1.80 bits per heavy atom. The van der Waals surface area contributed by atoms with E-state index < -0.39 is 67.3 Å². The Kier molecular flexibility index (Phi) is 14.9. The maximum absolute atomic E-state index is 14.0. The van der Waals surface area contributed by atoms with Crippen molar-refractivity contribution < 1.29 is 33.6 Å². The van der Waals surface area contributed by atoms with Crippen LogP contribution in [-0.4, -0.2) is 78.2 Å². The van der Waals surface area contributed by atoms with Gasteiger partial charge in [-0.2, -0.15) is 0 Å². The normalized spacial score (nSPS) is 23.7. The summed E-state index contributed by atoms with van der Waals surface area (Å²) in [5, 5.41) is 18.1. The number of nitrogens with two attached hydrogens (primary N) is 2. The van der Waals surface area contributed by atoms with Gasteiger partial charge in [0.05, 0.1) is 30.7 Å². The highest BCUT2D eigenvalue weighted by atomic mass is 16.7. The summed E-state index contributed by atoms with van der Waals surface area (Å²) >= 11 is 0. The molecule has 3 aliphatic rings. The molecule has 8 N–H and O–H groups in total. The summed E-state index contributed by atoms with van der Waals surface area (Å²) in [6.07, 6.45) is 10.5. The first-order valence-corrected chi connectivity index (χ1v) is 18.4. The van der Waals surface area contributed by atoms with Crippen molar-refractivity contribution in [3.05, 3.63) is 35.9 Å². The number of amides is 4. The standard InChI is InChI=1S/C36H58BN5O7/c1-22(2)19-27(41-36(47)31(39)23(3)43)34(45)40-28(21-30(38)44)35(46)42-29(20-24-13-7-4-8-14-24)37-48-32(25-15-9-5-10-16-25)33(49-37)26-17-11-6-12-18-26/h4,7-8,13-14,22-23,25-29,31-33,43H,5-6,9-12,15-21,39H2,1-3H3,(H2,38,44)(H,40,45)(H,41,47)(H,42,46)/t23-,27+,28+,29+,31+,32-,33-/m1/s1. The molecule has 2 aliphatic carbocycles. The topological polar surface area (TPSA) is 195 Å². The number of nitrogens with one attached hydrogen (secondary N) is 3. The second-order valence-corrected chi connectivity index (χ2v) is 14.9. The summed E-state index contributed by atoms with van der Waals surface area (Å²) in [6, 6.07) is 6.13. The fourth-order valence-corrected chi connectivity index (χ4v) is 7.61. The molecule has 1 aromatic carbocycles. The molecular formula is C36H58BN5O7. The molecule has 0 radical (unpaired) electrons. The maximum atomic E-state index is 14.0. The monoisotopic (exact) mass is 683 g/mol. The van der Waals surface area contributed by atoms with Crippen LogP contribution in [-0.2, 0) is 34.9 Å². The lowest BCUT2D eigenvalue weighted by atomic mass is 9.74. The zero-order valence-corrected chi connectivity index (χ0v) is 29.5. The SMILES string of the molecule is CC(C)C[C@H](NC(=O)[C@@H](N)[C@@H](C)O)C(=O)N[C@@H](CC(N)=O)C(=O)N[C@@H](Cc1ccccc1)B1O[C@H](C2CCCCC2)[C@@H](C2CCCCC2)O1. The van der Waals surface area contributed by atoms with Crippen LogP contribution in [0.1, 0.15) is 103 Å². The second kappa shape index (κ2) is 18.8. The smallest absolute Gasteiger partial charge is 0.404 e. The first-order valence-electron chi connectivity index (χ1n) is 18.4. The highest BCUT2D eigenvalue weighted by Gasteiger charge is 2.50. The molecule has 0 spiro atoms. The van der Waals surface area contributed by atoms with Crippen molar-refractivity contribution >= 4 is 30.7 Å². The number of hydrogen-bond donors (Lipinski definition) is 6. The molecule has 3 fully saturated rings. The molecule has 272 valence electrons. The number of aliphatic hydroxyl groups excluding tert-OH is 1. The molecule has 4 amide bonds. The number of carbonyl (C=O) groups is 4. The molecule has 0 aromatic heterocycles. The Morgan fingerprint density at radius 2 is 1.31 bits per heavy atom. The van der Waals surface area contributed by atoms with Crippen LogP contribution in [0.3, 0.4) is 0 Å². The van der Waals surface area contributed by atoms with E-state index in [9.17, 15) is 24.3 Å². The van der Waals surface area contributed by atoms with E-state index in [1.54, 1.807) is 0 Å². The van der Waals surface area contributed by atoms with Gasteiger partial charge in [0.25, 0.3) is 0 Å². The zero-order valence-electron chi connectivity index (χ0n) is 29.5. The van der Waals surface area contributed by atoms with Crippen molar-refractivity contribution in [3.63, 3.8) is 0 Å². The third-order valence-electron chi connectivity index (χ3n) is 10.3. The van der Waals surface area contributed by atoms with Gasteiger partial charge in [0.1, 0.15) is 18.1 Å². The molecule has 1 saturated heterocycles. The zero-order chi connectivity index (χ0) is 35.5. The molecule has 13 heteroatoms. The molecule has 0 unspecified atom stereocenters. The number of hydrogen-bond acceptors (Lipinski definition) is 8. The van der Waals surface area contributed by atoms with Crippen molar-refractivity contribution in [2.24, 2.45) is 29.2 Å². The van der Waals surface area contributed by atoms with Crippen LogP contribution < -0.4 is 27.4 Å². The van der Waals surface area contributed by atoms with E-state index in [-0.39, 0.29) is 24.5 Å². The van der Waals surface area contributed by atoms with Crippen molar-refractivity contribution in [1.29, 1.82) is 0 Å². The van der Waals surface area contributed by atoms with E-state index >= 15 is 0 Å². The Bertz CT molecular complexity index is 1200. The van der Waals surface area contributed by atoms with Crippen LogP contribution >= 0.6 is 0 Å². The quantitative estimate of drug-likeness (QED) is 0.143. The number of carbonyl (C=O) groups excluding carboxylic acids is 4. The summed E-state index contributed by atoms with van der Waals surface area (Å²) in [5.41, 5.74) is 12.3. The lowest BCUT2D eigenvalue weighted by Gasteiger charge is -2.35. The van der Waals surface area contributed by atoms with E-state index in [2.05, 4.69) is 16.0 Å². The molecule has 1 heterocycles. The van der Waals surface area contributed by atoms with Crippen LogP contribution in [0, 0.1) is 17.8 Å². The Labute approximate surface area is 291 Å². The van der Waals surface area contributed by atoms with Gasteiger partial charge in [0.15, 0.2) is 0 Å². The summed E-state index contributed by atoms with van der Waals surface area (Å²) in [6.45, 7) is 5.14. The maximum Gasteiger partial charge on any atom is 0.481 e. The molecule has 7 atom stereocenters. The first-order chi connectivity index (χ1) is 23.4.